The fourth-order valence-corrected chi connectivity index (χ4v) is 4.19. The third kappa shape index (κ3) is 4.71. The van der Waals surface area contributed by atoms with Crippen LogP contribution in [0.3, 0.4) is 0 Å². The lowest BCUT2D eigenvalue weighted by molar-refractivity contribution is 0.0796. The van der Waals surface area contributed by atoms with Crippen LogP contribution in [0.2, 0.25) is 0 Å². The molecule has 0 saturated carbocycles. The molecule has 0 aliphatic carbocycles. The molecule has 1 atom stereocenters. The van der Waals surface area contributed by atoms with Crippen LogP contribution in [0.4, 0.5) is 5.69 Å². The Morgan fingerprint density at radius 3 is 2.59 bits per heavy atom. The first-order valence-electron chi connectivity index (χ1n) is 10.5. The summed E-state index contributed by atoms with van der Waals surface area (Å²) in [5.41, 5.74) is 3.54. The predicted molar refractivity (Wildman–Crippen MR) is 127 cm³/mol. The third-order valence-corrected chi connectivity index (χ3v) is 5.93. The zero-order chi connectivity index (χ0) is 22.5. The number of amides is 1. The van der Waals surface area contributed by atoms with Gasteiger partial charge in [0.1, 0.15) is 12.4 Å². The van der Waals surface area contributed by atoms with Gasteiger partial charge in [0.2, 0.25) is 0 Å². The Balaban J connectivity index is 1.54. The Morgan fingerprint density at radius 1 is 1.06 bits per heavy atom. The third-order valence-electron chi connectivity index (χ3n) is 5.61. The highest BCUT2D eigenvalue weighted by Gasteiger charge is 2.34. The van der Waals surface area contributed by atoms with Gasteiger partial charge < -0.3 is 29.2 Å². The molecule has 2 aromatic carbocycles. The summed E-state index contributed by atoms with van der Waals surface area (Å²) in [6.07, 6.45) is 2.74. The van der Waals surface area contributed by atoms with Gasteiger partial charge in [-0.3, -0.25) is 4.79 Å². The number of rotatable bonds is 9. The van der Waals surface area contributed by atoms with Crippen LogP contribution in [0.5, 0.6) is 17.2 Å². The summed E-state index contributed by atoms with van der Waals surface area (Å²) in [6, 6.07) is 11.6. The average Bonchev–Trinajstić information content (AvgIpc) is 3.21. The molecule has 1 N–H and O–H groups in total. The van der Waals surface area contributed by atoms with Crippen molar-refractivity contribution >= 4 is 33.1 Å². The quantitative estimate of drug-likeness (QED) is 0.409. The van der Waals surface area contributed by atoms with Crippen LogP contribution in [-0.4, -0.2) is 62.8 Å². The van der Waals surface area contributed by atoms with Crippen molar-refractivity contribution in [3.8, 4) is 17.2 Å². The molecule has 8 heteroatoms. The summed E-state index contributed by atoms with van der Waals surface area (Å²) in [4.78, 5) is 15.2. The van der Waals surface area contributed by atoms with Crippen LogP contribution < -0.4 is 19.5 Å². The number of benzene rings is 2. The maximum Gasteiger partial charge on any atom is 0.260 e. The highest BCUT2D eigenvalue weighted by atomic mass is 79.9. The van der Waals surface area contributed by atoms with E-state index in [2.05, 4.69) is 21.2 Å². The average molecular weight is 503 g/mol. The molecule has 32 heavy (non-hydrogen) atoms. The summed E-state index contributed by atoms with van der Waals surface area (Å²) in [7, 11) is 3.23. The Bertz CT molecular complexity index is 993. The van der Waals surface area contributed by atoms with Crippen molar-refractivity contribution in [3.05, 3.63) is 53.7 Å². The van der Waals surface area contributed by atoms with Crippen LogP contribution in [0.25, 0.3) is 5.57 Å². The first kappa shape index (κ1) is 22.5. The summed E-state index contributed by atoms with van der Waals surface area (Å²) in [6.45, 7) is 2.16. The fraction of sp³-hybridized carbons (Fsp3) is 0.375. The molecular formula is C24H27BrN2O5. The Hall–Kier alpha value is -2.71. The topological polar surface area (TPSA) is 69.3 Å². The van der Waals surface area contributed by atoms with Gasteiger partial charge in [-0.25, -0.2) is 0 Å². The Labute approximate surface area is 196 Å². The number of hydrogen-bond donors (Lipinski definition) is 1. The van der Waals surface area contributed by atoms with Crippen molar-refractivity contribution in [2.24, 2.45) is 0 Å². The van der Waals surface area contributed by atoms with Gasteiger partial charge >= 0.3 is 0 Å². The van der Waals surface area contributed by atoms with Gasteiger partial charge in [-0.15, -0.1) is 0 Å². The van der Waals surface area contributed by atoms with Crippen molar-refractivity contribution in [3.63, 3.8) is 0 Å². The maximum atomic E-state index is 13.4. The number of halogens is 1. The van der Waals surface area contributed by atoms with Crippen molar-refractivity contribution in [1.29, 1.82) is 0 Å². The van der Waals surface area contributed by atoms with Gasteiger partial charge in [0.05, 0.1) is 44.7 Å². The summed E-state index contributed by atoms with van der Waals surface area (Å²) in [5, 5.41) is 4.22. The van der Waals surface area contributed by atoms with Crippen LogP contribution in [-0.2, 0) is 4.74 Å². The van der Waals surface area contributed by atoms with E-state index < -0.39 is 0 Å². The largest absolute Gasteiger partial charge is 0.497 e. The standard InChI is InChI=1S/C24H27BrN2O5/c1-29-19-5-3-16(4-6-19)17-11-18-14-26-21-13-23(32-10-9-31-8-7-25)22(30-2)12-20(21)24(28)27(18)15-17/h3-6,12-13,15,18,26H,7-11,14H2,1-2H3/t18-/m0/s1. The second kappa shape index (κ2) is 10.3. The number of carbonyl (C=O) groups excluding carboxylic acids is 1. The first-order chi connectivity index (χ1) is 15.6. The molecule has 2 aliphatic rings. The number of carbonyl (C=O) groups is 1. The number of methoxy groups -OCH3 is 2. The predicted octanol–water partition coefficient (Wildman–Crippen LogP) is 4.18. The number of fused-ring (bicyclic) bond motifs is 2. The Kier molecular flexibility index (Phi) is 7.22. The van der Waals surface area contributed by atoms with E-state index in [1.807, 2.05) is 41.4 Å². The minimum atomic E-state index is -0.0518. The highest BCUT2D eigenvalue weighted by molar-refractivity contribution is 9.09. The molecule has 2 aromatic rings. The molecule has 0 fully saturated rings. The minimum absolute atomic E-state index is 0.0417. The van der Waals surface area contributed by atoms with Crippen molar-refractivity contribution in [2.75, 3.05) is 51.2 Å². The lowest BCUT2D eigenvalue weighted by atomic mass is 10.0. The normalized spacial score (nSPS) is 17.1. The molecule has 170 valence electrons. The lowest BCUT2D eigenvalue weighted by Gasteiger charge is -2.20. The Morgan fingerprint density at radius 2 is 1.88 bits per heavy atom. The molecule has 0 radical (unpaired) electrons. The van der Waals surface area contributed by atoms with E-state index in [1.54, 1.807) is 20.3 Å². The van der Waals surface area contributed by atoms with Crippen molar-refractivity contribution in [1.82, 2.24) is 4.90 Å². The minimum Gasteiger partial charge on any atom is -0.497 e. The van der Waals surface area contributed by atoms with Crippen LogP contribution in [0.1, 0.15) is 22.3 Å². The molecule has 0 aromatic heterocycles. The number of ether oxygens (including phenoxy) is 4. The van der Waals surface area contributed by atoms with E-state index in [4.69, 9.17) is 18.9 Å². The number of hydrogen-bond acceptors (Lipinski definition) is 6. The molecule has 0 unspecified atom stereocenters. The molecule has 2 aliphatic heterocycles. The van der Waals surface area contributed by atoms with Gasteiger partial charge in [0, 0.05) is 24.1 Å². The molecule has 1 amide bonds. The molecule has 2 heterocycles. The summed E-state index contributed by atoms with van der Waals surface area (Å²) in [5.74, 6) is 1.87. The first-order valence-corrected chi connectivity index (χ1v) is 11.7. The fourth-order valence-electron chi connectivity index (χ4n) is 3.96. The second-order valence-corrected chi connectivity index (χ2v) is 8.33. The molecule has 7 nitrogen and oxygen atoms in total. The van der Waals surface area contributed by atoms with E-state index in [-0.39, 0.29) is 11.9 Å². The van der Waals surface area contributed by atoms with E-state index in [1.165, 1.54) is 0 Å². The van der Waals surface area contributed by atoms with Gasteiger partial charge in [0.15, 0.2) is 11.5 Å². The smallest absolute Gasteiger partial charge is 0.260 e. The monoisotopic (exact) mass is 502 g/mol. The van der Waals surface area contributed by atoms with E-state index >= 15 is 0 Å². The zero-order valence-corrected chi connectivity index (χ0v) is 19.8. The second-order valence-electron chi connectivity index (χ2n) is 7.53. The number of alkyl halides is 1. The van der Waals surface area contributed by atoms with Crippen molar-refractivity contribution < 1.29 is 23.7 Å². The van der Waals surface area contributed by atoms with Gasteiger partial charge in [-0.1, -0.05) is 28.1 Å². The molecule has 0 saturated heterocycles. The van der Waals surface area contributed by atoms with Gasteiger partial charge in [-0.05, 0) is 35.8 Å². The van der Waals surface area contributed by atoms with Crippen LogP contribution in [0.15, 0.2) is 42.6 Å². The summed E-state index contributed by atoms with van der Waals surface area (Å²) >= 11 is 3.33. The molecular weight excluding hydrogens is 476 g/mol. The van der Waals surface area contributed by atoms with E-state index in [9.17, 15) is 4.79 Å². The van der Waals surface area contributed by atoms with E-state index in [0.717, 1.165) is 34.3 Å². The number of nitrogens with one attached hydrogen (secondary N) is 1. The van der Waals surface area contributed by atoms with Crippen molar-refractivity contribution in [2.45, 2.75) is 12.5 Å². The SMILES string of the molecule is COc1ccc(C2=CN3C(=O)c4cc(OC)c(OCCOCCBr)cc4NC[C@@H]3C2)cc1. The van der Waals surface area contributed by atoms with E-state index in [0.29, 0.717) is 43.4 Å². The lowest BCUT2D eigenvalue weighted by Crippen LogP contribution is -2.34. The molecule has 0 spiro atoms. The van der Waals surface area contributed by atoms with Crippen LogP contribution >= 0.6 is 15.9 Å². The highest BCUT2D eigenvalue weighted by Crippen LogP contribution is 2.39. The van der Waals surface area contributed by atoms with Gasteiger partial charge in [0.25, 0.3) is 5.91 Å². The van der Waals surface area contributed by atoms with Crippen LogP contribution in [0, 0.1) is 0 Å². The number of nitrogens with zero attached hydrogens (tertiary/aromatic N) is 1. The summed E-state index contributed by atoms with van der Waals surface area (Å²) < 4.78 is 22.0. The molecule has 0 bridgehead atoms. The zero-order valence-electron chi connectivity index (χ0n) is 18.2. The number of anilines is 1. The van der Waals surface area contributed by atoms with Gasteiger partial charge in [-0.2, -0.15) is 0 Å². The maximum absolute atomic E-state index is 13.4. The molecule has 4 rings (SSSR count).